The molecule has 0 aliphatic carbocycles. The van der Waals surface area contributed by atoms with Gasteiger partial charge in [0.1, 0.15) is 5.75 Å². The highest BCUT2D eigenvalue weighted by molar-refractivity contribution is 5.39. The Morgan fingerprint density at radius 1 is 1.42 bits per heavy atom. The maximum atomic E-state index is 9.43. The molecule has 2 rings (SSSR count). The van der Waals surface area contributed by atoms with Crippen molar-refractivity contribution in [2.75, 3.05) is 7.05 Å². The number of rotatable bonds is 1. The van der Waals surface area contributed by atoms with E-state index in [0.29, 0.717) is 0 Å². The summed E-state index contributed by atoms with van der Waals surface area (Å²) in [5, 5.41) is 12.4. The largest absolute Gasteiger partial charge is 0.463 e. The van der Waals surface area contributed by atoms with Crippen molar-refractivity contribution in [1.29, 1.82) is 0 Å². The zero-order valence-corrected chi connectivity index (χ0v) is 6.82. The smallest absolute Gasteiger partial charge is 0.217 e. The molecule has 1 heterocycles. The molecule has 0 amide bonds. The zero-order chi connectivity index (χ0) is 8.55. The Hall–Kier alpha value is -1.06. The minimum atomic E-state index is -0.757. The van der Waals surface area contributed by atoms with Crippen LogP contribution < -0.4 is 10.1 Å². The van der Waals surface area contributed by atoms with Gasteiger partial charge in [-0.05, 0) is 13.1 Å². The second kappa shape index (κ2) is 2.77. The fourth-order valence-corrected chi connectivity index (χ4v) is 1.49. The first-order valence-electron chi connectivity index (χ1n) is 3.94. The number of ether oxygens (including phenoxy) is 1. The van der Waals surface area contributed by atoms with E-state index in [9.17, 15) is 5.11 Å². The Labute approximate surface area is 71.0 Å². The molecule has 0 saturated heterocycles. The van der Waals surface area contributed by atoms with Crippen molar-refractivity contribution < 1.29 is 9.84 Å². The number of aliphatic hydroxyl groups is 1. The molecule has 1 aliphatic rings. The number of aliphatic hydroxyl groups excluding tert-OH is 1. The molecule has 3 heteroatoms. The maximum Gasteiger partial charge on any atom is 0.217 e. The van der Waals surface area contributed by atoms with Gasteiger partial charge in [-0.1, -0.05) is 18.2 Å². The molecule has 2 N–H and O–H groups in total. The van der Waals surface area contributed by atoms with Crippen LogP contribution in [0.1, 0.15) is 11.6 Å². The van der Waals surface area contributed by atoms with Crippen LogP contribution in [-0.2, 0) is 0 Å². The van der Waals surface area contributed by atoms with Crippen LogP contribution in [0.25, 0.3) is 0 Å². The molecular weight excluding hydrogens is 154 g/mol. The van der Waals surface area contributed by atoms with Crippen LogP contribution in [0.15, 0.2) is 24.3 Å². The lowest BCUT2D eigenvalue weighted by atomic mass is 10.1. The lowest BCUT2D eigenvalue weighted by Gasteiger charge is -2.11. The van der Waals surface area contributed by atoms with E-state index in [2.05, 4.69) is 5.32 Å². The van der Waals surface area contributed by atoms with Crippen molar-refractivity contribution in [1.82, 2.24) is 5.32 Å². The standard InChI is InChI=1S/C9H11NO2/c1-10-8-6-4-2-3-5-7(6)12-9(8)11/h2-5,8-11H,1H3/t8-,9-/m1/s1. The molecule has 64 valence electrons. The summed E-state index contributed by atoms with van der Waals surface area (Å²) in [6, 6.07) is 7.54. The third kappa shape index (κ3) is 0.983. The highest BCUT2D eigenvalue weighted by atomic mass is 16.6. The maximum absolute atomic E-state index is 9.43. The number of likely N-dealkylation sites (N-methyl/N-ethyl adjacent to an activating group) is 1. The second-order valence-electron chi connectivity index (χ2n) is 2.81. The van der Waals surface area contributed by atoms with E-state index in [4.69, 9.17) is 4.74 Å². The summed E-state index contributed by atoms with van der Waals surface area (Å²) >= 11 is 0. The summed E-state index contributed by atoms with van der Waals surface area (Å²) in [7, 11) is 1.80. The summed E-state index contributed by atoms with van der Waals surface area (Å²) in [6.07, 6.45) is -0.757. The average Bonchev–Trinajstić information content (AvgIpc) is 2.40. The summed E-state index contributed by atoms with van der Waals surface area (Å²) in [6.45, 7) is 0. The Bertz CT molecular complexity index is 288. The molecule has 1 aromatic rings. The first-order valence-corrected chi connectivity index (χ1v) is 3.94. The topological polar surface area (TPSA) is 41.5 Å². The quantitative estimate of drug-likeness (QED) is 0.642. The Balaban J connectivity index is 2.40. The number of para-hydroxylation sites is 1. The van der Waals surface area contributed by atoms with Gasteiger partial charge < -0.3 is 15.2 Å². The zero-order valence-electron chi connectivity index (χ0n) is 6.82. The van der Waals surface area contributed by atoms with Gasteiger partial charge in [0, 0.05) is 5.56 Å². The SMILES string of the molecule is CN[C@@H]1c2ccccc2O[C@H]1O. The third-order valence-corrected chi connectivity index (χ3v) is 2.10. The van der Waals surface area contributed by atoms with Gasteiger partial charge in [0.2, 0.25) is 6.29 Å². The second-order valence-corrected chi connectivity index (χ2v) is 2.81. The summed E-state index contributed by atoms with van der Waals surface area (Å²) < 4.78 is 5.20. The lowest BCUT2D eigenvalue weighted by Crippen LogP contribution is -2.27. The van der Waals surface area contributed by atoms with Crippen LogP contribution in [0.3, 0.4) is 0 Å². The lowest BCUT2D eigenvalue weighted by molar-refractivity contribution is -0.0240. The molecule has 2 atom stereocenters. The van der Waals surface area contributed by atoms with Crippen molar-refractivity contribution in [3.05, 3.63) is 29.8 Å². The number of fused-ring (bicyclic) bond motifs is 1. The van der Waals surface area contributed by atoms with Crippen LogP contribution in [0.4, 0.5) is 0 Å². The predicted molar refractivity (Wildman–Crippen MR) is 44.9 cm³/mol. The van der Waals surface area contributed by atoms with Crippen molar-refractivity contribution in [2.45, 2.75) is 12.3 Å². The number of hydrogen-bond donors (Lipinski definition) is 2. The molecule has 0 saturated carbocycles. The average molecular weight is 165 g/mol. The van der Waals surface area contributed by atoms with E-state index in [1.54, 1.807) is 7.05 Å². The summed E-state index contributed by atoms with van der Waals surface area (Å²) in [5.74, 6) is 0.768. The van der Waals surface area contributed by atoms with Crippen molar-refractivity contribution in [3.63, 3.8) is 0 Å². The van der Waals surface area contributed by atoms with Gasteiger partial charge in [0.25, 0.3) is 0 Å². The first kappa shape index (κ1) is 7.58. The third-order valence-electron chi connectivity index (χ3n) is 2.10. The first-order chi connectivity index (χ1) is 5.83. The predicted octanol–water partition coefficient (Wildman–Crippen LogP) is 0.658. The van der Waals surface area contributed by atoms with E-state index in [-0.39, 0.29) is 6.04 Å². The van der Waals surface area contributed by atoms with Crippen LogP contribution in [0.5, 0.6) is 5.75 Å². The minimum Gasteiger partial charge on any atom is -0.463 e. The highest BCUT2D eigenvalue weighted by Gasteiger charge is 2.30. The summed E-state index contributed by atoms with van der Waals surface area (Å²) in [4.78, 5) is 0. The van der Waals surface area contributed by atoms with E-state index in [1.807, 2.05) is 24.3 Å². The number of nitrogens with one attached hydrogen (secondary N) is 1. The molecule has 0 fully saturated rings. The van der Waals surface area contributed by atoms with E-state index >= 15 is 0 Å². The normalized spacial score (nSPS) is 26.5. The van der Waals surface area contributed by atoms with Gasteiger partial charge >= 0.3 is 0 Å². The molecule has 1 aliphatic heterocycles. The van der Waals surface area contributed by atoms with E-state index < -0.39 is 6.29 Å². The van der Waals surface area contributed by atoms with Gasteiger partial charge in [0.15, 0.2) is 0 Å². The molecule has 3 nitrogen and oxygen atoms in total. The van der Waals surface area contributed by atoms with Gasteiger partial charge in [-0.15, -0.1) is 0 Å². The Kier molecular flexibility index (Phi) is 1.75. The van der Waals surface area contributed by atoms with Gasteiger partial charge in [0.05, 0.1) is 6.04 Å². The van der Waals surface area contributed by atoms with Crippen LogP contribution in [0, 0.1) is 0 Å². The molecule has 12 heavy (non-hydrogen) atoms. The van der Waals surface area contributed by atoms with Crippen LogP contribution in [-0.4, -0.2) is 18.4 Å². The molecule has 0 radical (unpaired) electrons. The molecular formula is C9H11NO2. The molecule has 0 unspecified atom stereocenters. The van der Waals surface area contributed by atoms with E-state index in [1.165, 1.54) is 0 Å². The Morgan fingerprint density at radius 2 is 2.17 bits per heavy atom. The van der Waals surface area contributed by atoms with Crippen molar-refractivity contribution in [3.8, 4) is 5.75 Å². The number of benzene rings is 1. The fraction of sp³-hybridized carbons (Fsp3) is 0.333. The van der Waals surface area contributed by atoms with Gasteiger partial charge in [-0.3, -0.25) is 0 Å². The Morgan fingerprint density at radius 3 is 2.92 bits per heavy atom. The molecule has 0 spiro atoms. The van der Waals surface area contributed by atoms with Crippen LogP contribution >= 0.6 is 0 Å². The molecule has 0 bridgehead atoms. The summed E-state index contributed by atoms with van der Waals surface area (Å²) in [5.41, 5.74) is 1.02. The number of hydrogen-bond acceptors (Lipinski definition) is 3. The minimum absolute atomic E-state index is 0.0961. The molecule has 1 aromatic carbocycles. The van der Waals surface area contributed by atoms with Crippen molar-refractivity contribution >= 4 is 0 Å². The fourth-order valence-electron chi connectivity index (χ4n) is 1.49. The van der Waals surface area contributed by atoms with Gasteiger partial charge in [-0.2, -0.15) is 0 Å². The monoisotopic (exact) mass is 165 g/mol. The van der Waals surface area contributed by atoms with E-state index in [0.717, 1.165) is 11.3 Å². The van der Waals surface area contributed by atoms with Crippen molar-refractivity contribution in [2.24, 2.45) is 0 Å². The molecule has 0 aromatic heterocycles. The highest BCUT2D eigenvalue weighted by Crippen LogP contribution is 2.34. The van der Waals surface area contributed by atoms with Gasteiger partial charge in [-0.25, -0.2) is 0 Å². The van der Waals surface area contributed by atoms with Crippen LogP contribution in [0.2, 0.25) is 0 Å².